The van der Waals surface area contributed by atoms with E-state index in [4.69, 9.17) is 18.9 Å². The fraction of sp³-hybridized carbons (Fsp3) is 0.100. The highest BCUT2D eigenvalue weighted by atomic mass is 32.2. The van der Waals surface area contributed by atoms with Gasteiger partial charge in [-0.2, -0.15) is 0 Å². The predicted octanol–water partition coefficient (Wildman–Crippen LogP) is 5.64. The van der Waals surface area contributed by atoms with Crippen LogP contribution >= 0.6 is 0 Å². The molecule has 2 aliphatic heterocycles. The minimum absolute atomic E-state index is 0.00566. The first-order valence-corrected chi connectivity index (χ1v) is 13.7. The standard InChI is InChI=1S/C30H23NO8S/c1-36-24-16-21(17-25-28(24)38-18-37-25)27-22-12-6-8-14-26(22)40(34,35)31(29(27)39-30(32)33)23-13-7-5-11-20(23)15-19-9-3-2-4-10-19/h2-14,16-17H,15,18H2,1H3,(H,32,33). The zero-order valence-electron chi connectivity index (χ0n) is 21.2. The van der Waals surface area contributed by atoms with Gasteiger partial charge in [0.1, 0.15) is 0 Å². The maximum Gasteiger partial charge on any atom is 0.512 e. The fourth-order valence-electron chi connectivity index (χ4n) is 4.96. The van der Waals surface area contributed by atoms with E-state index in [1.807, 2.05) is 30.3 Å². The predicted molar refractivity (Wildman–Crippen MR) is 146 cm³/mol. The van der Waals surface area contributed by atoms with Crippen LogP contribution in [0.25, 0.3) is 5.57 Å². The average molecular weight is 558 g/mol. The molecule has 0 aromatic heterocycles. The Kier molecular flexibility index (Phi) is 6.31. The number of rotatable bonds is 6. The molecule has 202 valence electrons. The van der Waals surface area contributed by atoms with Crippen LogP contribution in [-0.4, -0.2) is 33.6 Å². The van der Waals surface area contributed by atoms with Crippen molar-refractivity contribution in [1.29, 1.82) is 0 Å². The third-order valence-electron chi connectivity index (χ3n) is 6.65. The molecule has 0 saturated carbocycles. The number of carboxylic acid groups (broad SMARTS) is 1. The van der Waals surface area contributed by atoms with Crippen LogP contribution in [0.2, 0.25) is 0 Å². The Bertz CT molecular complexity index is 1770. The average Bonchev–Trinajstić information content (AvgIpc) is 3.43. The molecule has 0 unspecified atom stereocenters. The fourth-order valence-corrected chi connectivity index (χ4v) is 6.64. The van der Waals surface area contributed by atoms with Gasteiger partial charge in [-0.1, -0.05) is 66.7 Å². The van der Waals surface area contributed by atoms with Gasteiger partial charge in [0.15, 0.2) is 11.5 Å². The first-order chi connectivity index (χ1) is 19.4. The van der Waals surface area contributed by atoms with Crippen LogP contribution in [0, 0.1) is 0 Å². The van der Waals surface area contributed by atoms with Gasteiger partial charge in [-0.3, -0.25) is 0 Å². The van der Waals surface area contributed by atoms with Gasteiger partial charge in [0.2, 0.25) is 18.4 Å². The maximum atomic E-state index is 14.2. The molecule has 10 heteroatoms. The van der Waals surface area contributed by atoms with Crippen molar-refractivity contribution in [2.45, 2.75) is 11.3 Å². The molecule has 2 heterocycles. The quantitative estimate of drug-likeness (QED) is 0.304. The lowest BCUT2D eigenvalue weighted by atomic mass is 9.96. The molecule has 9 nitrogen and oxygen atoms in total. The Labute approximate surface area is 230 Å². The topological polar surface area (TPSA) is 112 Å². The van der Waals surface area contributed by atoms with Crippen LogP contribution in [0.3, 0.4) is 0 Å². The van der Waals surface area contributed by atoms with Crippen LogP contribution < -0.4 is 18.5 Å². The van der Waals surface area contributed by atoms with E-state index in [1.54, 1.807) is 54.6 Å². The van der Waals surface area contributed by atoms with Gasteiger partial charge in [-0.05, 0) is 47.4 Å². The summed E-state index contributed by atoms with van der Waals surface area (Å²) in [5.74, 6) is 0.731. The lowest BCUT2D eigenvalue weighted by Crippen LogP contribution is -2.37. The highest BCUT2D eigenvalue weighted by molar-refractivity contribution is 7.93. The molecule has 4 aromatic rings. The van der Waals surface area contributed by atoms with E-state index in [1.165, 1.54) is 13.2 Å². The molecule has 6 rings (SSSR count). The third-order valence-corrected chi connectivity index (χ3v) is 8.41. The number of fused-ring (bicyclic) bond motifs is 2. The van der Waals surface area contributed by atoms with E-state index in [0.717, 1.165) is 9.87 Å². The summed E-state index contributed by atoms with van der Waals surface area (Å²) in [6.07, 6.45) is -1.27. The van der Waals surface area contributed by atoms with Crippen molar-refractivity contribution in [2.75, 3.05) is 18.2 Å². The van der Waals surface area contributed by atoms with Crippen molar-refractivity contribution in [3.05, 3.63) is 119 Å². The Morgan fingerprint density at radius 2 is 1.68 bits per heavy atom. The molecule has 0 atom stereocenters. The van der Waals surface area contributed by atoms with E-state index in [0.29, 0.717) is 34.8 Å². The first-order valence-electron chi connectivity index (χ1n) is 12.3. The van der Waals surface area contributed by atoms with Crippen LogP contribution in [0.4, 0.5) is 10.5 Å². The largest absolute Gasteiger partial charge is 0.512 e. The smallest absolute Gasteiger partial charge is 0.493 e. The molecular weight excluding hydrogens is 534 g/mol. The number of benzene rings is 4. The van der Waals surface area contributed by atoms with Crippen molar-refractivity contribution >= 4 is 27.4 Å². The summed E-state index contributed by atoms with van der Waals surface area (Å²) in [4.78, 5) is 12.1. The molecule has 0 spiro atoms. The van der Waals surface area contributed by atoms with Gasteiger partial charge < -0.3 is 24.1 Å². The second kappa shape index (κ2) is 9.97. The van der Waals surface area contributed by atoms with E-state index in [-0.39, 0.29) is 34.4 Å². The molecule has 2 aliphatic rings. The molecule has 0 saturated heterocycles. The normalized spacial score (nSPS) is 15.0. The summed E-state index contributed by atoms with van der Waals surface area (Å²) in [7, 11) is -2.85. The Morgan fingerprint density at radius 1 is 0.950 bits per heavy atom. The first kappa shape index (κ1) is 25.3. The highest BCUT2D eigenvalue weighted by Gasteiger charge is 2.42. The maximum absolute atomic E-state index is 14.2. The Hall–Kier alpha value is -4.96. The molecule has 0 amide bonds. The monoisotopic (exact) mass is 557 g/mol. The van der Waals surface area contributed by atoms with E-state index < -0.39 is 16.2 Å². The second-order valence-electron chi connectivity index (χ2n) is 9.02. The number of para-hydroxylation sites is 1. The van der Waals surface area contributed by atoms with Crippen molar-refractivity contribution in [2.24, 2.45) is 0 Å². The van der Waals surface area contributed by atoms with E-state index in [9.17, 15) is 18.3 Å². The van der Waals surface area contributed by atoms with Gasteiger partial charge in [-0.25, -0.2) is 17.5 Å². The van der Waals surface area contributed by atoms with Gasteiger partial charge >= 0.3 is 6.16 Å². The van der Waals surface area contributed by atoms with Gasteiger partial charge in [0.05, 0.1) is 23.3 Å². The summed E-state index contributed by atoms with van der Waals surface area (Å²) in [5.41, 5.74) is 2.81. The summed E-state index contributed by atoms with van der Waals surface area (Å²) >= 11 is 0. The van der Waals surface area contributed by atoms with Crippen molar-refractivity contribution < 1.29 is 37.3 Å². The van der Waals surface area contributed by atoms with Crippen molar-refractivity contribution in [1.82, 2.24) is 0 Å². The highest BCUT2D eigenvalue weighted by Crippen LogP contribution is 2.48. The number of hydrogen-bond donors (Lipinski definition) is 1. The molecule has 1 N–H and O–H groups in total. The minimum atomic E-state index is -4.31. The van der Waals surface area contributed by atoms with Crippen LogP contribution in [0.15, 0.2) is 102 Å². The molecule has 0 fully saturated rings. The minimum Gasteiger partial charge on any atom is -0.493 e. The van der Waals surface area contributed by atoms with Crippen LogP contribution in [0.5, 0.6) is 17.2 Å². The summed E-state index contributed by atoms with van der Waals surface area (Å²) in [5, 5.41) is 9.83. The number of anilines is 1. The zero-order valence-corrected chi connectivity index (χ0v) is 22.1. The summed E-state index contributed by atoms with van der Waals surface area (Å²) in [6.45, 7) is -0.0172. The Balaban J connectivity index is 1.65. The number of nitrogens with zero attached hydrogens (tertiary/aromatic N) is 1. The van der Waals surface area contributed by atoms with Crippen LogP contribution in [-0.2, 0) is 21.2 Å². The second-order valence-corrected chi connectivity index (χ2v) is 10.8. The molecule has 0 aliphatic carbocycles. The van der Waals surface area contributed by atoms with Crippen molar-refractivity contribution in [3.8, 4) is 17.2 Å². The number of carbonyl (C=O) groups is 1. The summed E-state index contributed by atoms with van der Waals surface area (Å²) < 4.78 is 51.4. The molecule has 4 aromatic carbocycles. The van der Waals surface area contributed by atoms with Gasteiger partial charge in [0, 0.05) is 5.56 Å². The molecule has 0 bridgehead atoms. The molecule has 0 radical (unpaired) electrons. The lowest BCUT2D eigenvalue weighted by molar-refractivity contribution is 0.119. The Morgan fingerprint density at radius 3 is 2.45 bits per heavy atom. The van der Waals surface area contributed by atoms with Gasteiger partial charge in [0.25, 0.3) is 10.0 Å². The van der Waals surface area contributed by atoms with Crippen LogP contribution in [0.1, 0.15) is 22.3 Å². The number of methoxy groups -OCH3 is 1. The van der Waals surface area contributed by atoms with E-state index in [2.05, 4.69) is 0 Å². The number of hydrogen-bond acceptors (Lipinski definition) is 7. The molecular formula is C30H23NO8S. The SMILES string of the molecule is COc1cc(C2=C(OC(=O)O)N(c3ccccc3Cc3ccccc3)S(=O)(=O)c3ccccc32)cc2c1OCO2. The summed E-state index contributed by atoms with van der Waals surface area (Å²) in [6, 6.07) is 26.2. The molecule has 40 heavy (non-hydrogen) atoms. The lowest BCUT2D eigenvalue weighted by Gasteiger charge is -2.34. The zero-order chi connectivity index (χ0) is 27.9. The van der Waals surface area contributed by atoms with Crippen molar-refractivity contribution in [3.63, 3.8) is 0 Å². The number of sulfonamides is 1. The number of ether oxygens (including phenoxy) is 4. The third kappa shape index (κ3) is 4.28. The van der Waals surface area contributed by atoms with Gasteiger partial charge in [-0.15, -0.1) is 0 Å². The van der Waals surface area contributed by atoms with E-state index >= 15 is 0 Å².